The lowest BCUT2D eigenvalue weighted by Gasteiger charge is -2.67. The number of hydrogen-bond acceptors (Lipinski definition) is 10. The monoisotopic (exact) mass is 827 g/mol. The molecule has 6 atom stereocenters. The summed E-state index contributed by atoms with van der Waals surface area (Å²) in [5, 5.41) is 16.0. The number of alkyl carbamates (subject to hydrolysis) is 1. The molecule has 2 aromatic rings. The highest BCUT2D eigenvalue weighted by Crippen LogP contribution is 2.69. The number of hydrogen-bond donors (Lipinski definition) is 3. The van der Waals surface area contributed by atoms with Crippen molar-refractivity contribution in [1.82, 2.24) is 16.0 Å². The van der Waals surface area contributed by atoms with Gasteiger partial charge < -0.3 is 30.2 Å². The lowest BCUT2D eigenvalue weighted by molar-refractivity contribution is -0.151. The van der Waals surface area contributed by atoms with Crippen molar-refractivity contribution >= 4 is 29.8 Å². The zero-order valence-electron chi connectivity index (χ0n) is 34.8. The molecule has 0 radical (unpaired) electrons. The average Bonchev–Trinajstić information content (AvgIpc) is 3.19. The summed E-state index contributed by atoms with van der Waals surface area (Å²) < 4.78 is 16.8. The van der Waals surface area contributed by atoms with E-state index >= 15 is 0 Å². The zero-order chi connectivity index (χ0) is 43.2. The Morgan fingerprint density at radius 1 is 0.717 bits per heavy atom. The Morgan fingerprint density at radius 2 is 1.17 bits per heavy atom. The summed E-state index contributed by atoms with van der Waals surface area (Å²) in [6, 6.07) is 16.3. The van der Waals surface area contributed by atoms with Gasteiger partial charge in [-0.05, 0) is 124 Å². The van der Waals surface area contributed by atoms with Crippen LogP contribution in [-0.4, -0.2) is 66.2 Å². The maximum absolute atomic E-state index is 13.6. The van der Waals surface area contributed by atoms with Crippen LogP contribution >= 0.6 is 0 Å². The fraction of sp³-hybridized carbons (Fsp3) is 0.605. The second-order valence-corrected chi connectivity index (χ2v) is 17.8. The zero-order valence-corrected chi connectivity index (χ0v) is 34.8. The van der Waals surface area contributed by atoms with Gasteiger partial charge in [-0.25, -0.2) is 14.4 Å². The van der Waals surface area contributed by atoms with Gasteiger partial charge in [0.2, 0.25) is 11.8 Å². The predicted molar refractivity (Wildman–Crippen MR) is 220 cm³/mol. The first-order valence-corrected chi connectivity index (χ1v) is 20.7. The number of benzene rings is 2. The van der Waals surface area contributed by atoms with E-state index in [9.17, 15) is 24.0 Å². The van der Waals surface area contributed by atoms with E-state index in [2.05, 4.69) is 36.0 Å². The van der Waals surface area contributed by atoms with Gasteiger partial charge in [0, 0.05) is 41.3 Å². The molecule has 0 spiro atoms. The first-order chi connectivity index (χ1) is 28.6. The summed E-state index contributed by atoms with van der Waals surface area (Å²) in [5.74, 6) is -1.73. The topological polar surface area (TPSA) is 247 Å². The third kappa shape index (κ3) is 13.4. The first-order valence-electron chi connectivity index (χ1n) is 20.7. The fourth-order valence-electron chi connectivity index (χ4n) is 9.97. The predicted octanol–water partition coefficient (Wildman–Crippen LogP) is 7.64. The van der Waals surface area contributed by atoms with Crippen molar-refractivity contribution in [3.63, 3.8) is 0 Å². The van der Waals surface area contributed by atoms with Crippen LogP contribution in [0.4, 0.5) is 4.79 Å². The number of esters is 2. The summed E-state index contributed by atoms with van der Waals surface area (Å²) in [6.07, 6.45) is 5.24. The molecule has 0 saturated heterocycles. The van der Waals surface area contributed by atoms with Crippen LogP contribution in [0.25, 0.3) is 20.9 Å². The van der Waals surface area contributed by atoms with Crippen LogP contribution in [0, 0.1) is 16.7 Å². The number of carbonyl (C=O) groups is 5. The lowest BCUT2D eigenvalue weighted by atomic mass is 9.40. The largest absolute Gasteiger partial charge is 0.459 e. The Morgan fingerprint density at radius 3 is 1.58 bits per heavy atom. The van der Waals surface area contributed by atoms with Crippen molar-refractivity contribution in [1.29, 1.82) is 0 Å². The minimum Gasteiger partial charge on any atom is -0.459 e. The molecule has 322 valence electrons. The highest BCUT2D eigenvalue weighted by Gasteiger charge is 2.63. The van der Waals surface area contributed by atoms with Crippen molar-refractivity contribution in [2.24, 2.45) is 27.0 Å². The maximum atomic E-state index is 13.6. The van der Waals surface area contributed by atoms with Gasteiger partial charge in [0.05, 0.1) is 0 Å². The van der Waals surface area contributed by atoms with Crippen LogP contribution in [0.2, 0.25) is 0 Å². The lowest BCUT2D eigenvalue weighted by Crippen LogP contribution is -2.66. The number of carbonyl (C=O) groups excluding carboxylic acids is 5. The molecule has 2 aromatic carbocycles. The minimum atomic E-state index is -1.01. The van der Waals surface area contributed by atoms with Crippen molar-refractivity contribution in [2.75, 3.05) is 13.1 Å². The molecule has 4 aliphatic carbocycles. The molecular weight excluding hydrogens is 771 g/mol. The standard InChI is InChI=1S/C43H57N9O8/c1-40(2,3)60-39(57)50-43-24-32-22-41(28-43,18-14-35(53)48-33(16-20-46-51-44)37(55)58-25-30-10-6-4-7-11-30)27-42(23-32,29-43)19-15-36(54)49-34(17-21-47-52-45)38(56)59-26-31-12-8-5-9-13-31/h4-13,32-34H,14-29H2,1-3H3,(H,48,53)(H,49,54)(H,50,57)/t32?,33-,34-,41-,42+,43?/m0/s1. The van der Waals surface area contributed by atoms with E-state index in [1.807, 2.05) is 60.7 Å². The molecule has 4 aliphatic rings. The Hall–Kier alpha value is -5.79. The van der Waals surface area contributed by atoms with Gasteiger partial charge >= 0.3 is 18.0 Å². The van der Waals surface area contributed by atoms with Crippen molar-refractivity contribution in [2.45, 2.75) is 134 Å². The summed E-state index contributed by atoms with van der Waals surface area (Å²) >= 11 is 0. The number of nitrogens with zero attached hydrogens (tertiary/aromatic N) is 6. The first kappa shape index (κ1) is 45.3. The van der Waals surface area contributed by atoms with E-state index in [-0.39, 0.29) is 80.5 Å². The summed E-state index contributed by atoms with van der Waals surface area (Å²) in [7, 11) is 0. The quantitative estimate of drug-likeness (QED) is 0.0370. The molecule has 0 aliphatic heterocycles. The molecule has 6 rings (SSSR count). The van der Waals surface area contributed by atoms with Crippen LogP contribution in [0.3, 0.4) is 0 Å². The second-order valence-electron chi connectivity index (χ2n) is 17.8. The molecule has 0 aromatic heterocycles. The summed E-state index contributed by atoms with van der Waals surface area (Å²) in [6.45, 7) is 5.46. The third-order valence-electron chi connectivity index (χ3n) is 11.7. The summed E-state index contributed by atoms with van der Waals surface area (Å²) in [5.41, 5.74) is 17.2. The fourth-order valence-corrected chi connectivity index (χ4v) is 9.97. The van der Waals surface area contributed by atoms with Gasteiger partial charge in [0.15, 0.2) is 0 Å². The van der Waals surface area contributed by atoms with E-state index in [1.54, 1.807) is 20.8 Å². The minimum absolute atomic E-state index is 0.00806. The van der Waals surface area contributed by atoms with E-state index < -0.39 is 41.3 Å². The van der Waals surface area contributed by atoms with E-state index in [1.165, 1.54) is 0 Å². The SMILES string of the molecule is CC(C)(C)OC(=O)NC12CC3C[C@@](CCC(=O)N[C@@H](CCN=[N+]=[N-])C(=O)OCc4ccccc4)(C1)C[C@](CCC(=O)N[C@@H](CCN=[N+]=[N-])C(=O)OCc1ccccc1)(C3)C2. The van der Waals surface area contributed by atoms with Gasteiger partial charge in [0.25, 0.3) is 0 Å². The van der Waals surface area contributed by atoms with Crippen molar-refractivity contribution in [3.8, 4) is 0 Å². The average molecular weight is 828 g/mol. The third-order valence-corrected chi connectivity index (χ3v) is 11.7. The van der Waals surface area contributed by atoms with Crippen LogP contribution in [0.15, 0.2) is 70.9 Å². The molecule has 3 N–H and O–H groups in total. The molecule has 4 fully saturated rings. The number of ether oxygens (including phenoxy) is 3. The van der Waals surface area contributed by atoms with Crippen LogP contribution in [0.5, 0.6) is 0 Å². The number of rotatable bonds is 21. The molecular formula is C43H57N9O8. The highest BCUT2D eigenvalue weighted by atomic mass is 16.6. The molecule has 4 saturated carbocycles. The Kier molecular flexibility index (Phi) is 15.4. The van der Waals surface area contributed by atoms with E-state index in [0.29, 0.717) is 25.7 Å². The molecule has 2 unspecified atom stereocenters. The van der Waals surface area contributed by atoms with Gasteiger partial charge in [-0.15, -0.1) is 0 Å². The van der Waals surface area contributed by atoms with Gasteiger partial charge in [-0.3, -0.25) is 9.59 Å². The maximum Gasteiger partial charge on any atom is 0.408 e. The molecule has 4 bridgehead atoms. The van der Waals surface area contributed by atoms with Crippen molar-refractivity contribution < 1.29 is 38.2 Å². The van der Waals surface area contributed by atoms with E-state index in [0.717, 1.165) is 36.8 Å². The Bertz CT molecular complexity index is 1810. The van der Waals surface area contributed by atoms with Crippen LogP contribution in [-0.2, 0) is 46.6 Å². The molecule has 60 heavy (non-hydrogen) atoms. The van der Waals surface area contributed by atoms with Gasteiger partial charge in [-0.1, -0.05) is 70.9 Å². The highest BCUT2D eigenvalue weighted by molar-refractivity contribution is 5.85. The second kappa shape index (κ2) is 20.5. The van der Waals surface area contributed by atoms with Crippen LogP contribution < -0.4 is 16.0 Å². The molecule has 17 nitrogen and oxygen atoms in total. The van der Waals surface area contributed by atoms with Gasteiger partial charge in [-0.2, -0.15) is 0 Å². The summed E-state index contributed by atoms with van der Waals surface area (Å²) in [4.78, 5) is 72.4. The van der Waals surface area contributed by atoms with Gasteiger partial charge in [0.1, 0.15) is 30.9 Å². The van der Waals surface area contributed by atoms with E-state index in [4.69, 9.17) is 25.3 Å². The smallest absolute Gasteiger partial charge is 0.408 e. The molecule has 3 amide bonds. The number of amides is 3. The van der Waals surface area contributed by atoms with Crippen LogP contribution in [0.1, 0.15) is 109 Å². The molecule has 0 heterocycles. The molecule has 17 heteroatoms. The normalized spacial score (nSPS) is 23.4. The number of azide groups is 2. The Labute approximate surface area is 350 Å². The Balaban J connectivity index is 1.27. The van der Waals surface area contributed by atoms with Crippen molar-refractivity contribution in [3.05, 3.63) is 92.7 Å². The number of nitrogens with one attached hydrogen (secondary N) is 3.